The highest BCUT2D eigenvalue weighted by Crippen LogP contribution is 2.41. The summed E-state index contributed by atoms with van der Waals surface area (Å²) in [6.07, 6.45) is 3.56. The maximum Gasteiger partial charge on any atom is 0.341 e. The van der Waals surface area contributed by atoms with Crippen molar-refractivity contribution >= 4 is 60.7 Å². The van der Waals surface area contributed by atoms with Gasteiger partial charge in [0, 0.05) is 17.0 Å². The van der Waals surface area contributed by atoms with E-state index in [0.29, 0.717) is 21.6 Å². The van der Waals surface area contributed by atoms with Gasteiger partial charge in [-0.1, -0.05) is 18.2 Å². The number of nitrogens with zero attached hydrogens (tertiary/aromatic N) is 3. The van der Waals surface area contributed by atoms with E-state index in [4.69, 9.17) is 4.74 Å². The van der Waals surface area contributed by atoms with Gasteiger partial charge in [-0.05, 0) is 56.4 Å². The number of nitrogens with one attached hydrogen (secondary N) is 2. The first kappa shape index (κ1) is 25.5. The molecular formula is C25H23N5O6S2. The average Bonchev–Trinajstić information content (AvgIpc) is 3.27. The number of aryl methyl sites for hydroxylation is 1. The molecule has 0 fully saturated rings. The molecule has 0 aliphatic heterocycles. The van der Waals surface area contributed by atoms with Gasteiger partial charge >= 0.3 is 5.97 Å². The van der Waals surface area contributed by atoms with E-state index in [1.165, 1.54) is 29.5 Å². The molecule has 196 valence electrons. The van der Waals surface area contributed by atoms with Crippen molar-refractivity contribution in [2.45, 2.75) is 37.5 Å². The summed E-state index contributed by atoms with van der Waals surface area (Å²) in [7, 11) is -4.28. The smallest absolute Gasteiger partial charge is 0.341 e. The number of non-ortho nitro benzene ring substituents is 1. The molecule has 0 atom stereocenters. The zero-order valence-electron chi connectivity index (χ0n) is 20.3. The molecular weight excluding hydrogens is 530 g/mol. The van der Waals surface area contributed by atoms with Crippen molar-refractivity contribution in [1.29, 1.82) is 0 Å². The molecule has 4 aromatic rings. The predicted octanol–water partition coefficient (Wildman–Crippen LogP) is 5.20. The Morgan fingerprint density at radius 3 is 2.50 bits per heavy atom. The van der Waals surface area contributed by atoms with E-state index in [-0.39, 0.29) is 28.8 Å². The molecule has 0 amide bonds. The lowest BCUT2D eigenvalue weighted by Gasteiger charge is -2.14. The third-order valence-electron chi connectivity index (χ3n) is 6.02. The number of benzene rings is 2. The average molecular weight is 554 g/mol. The van der Waals surface area contributed by atoms with E-state index in [1.54, 1.807) is 31.2 Å². The minimum absolute atomic E-state index is 0.0850. The largest absolute Gasteiger partial charge is 0.462 e. The van der Waals surface area contributed by atoms with Gasteiger partial charge in [-0.25, -0.2) is 23.2 Å². The van der Waals surface area contributed by atoms with Crippen LogP contribution in [0.4, 0.5) is 22.3 Å². The van der Waals surface area contributed by atoms with Gasteiger partial charge in [-0.2, -0.15) is 0 Å². The fraction of sp³-hybridized carbons (Fsp3) is 0.240. The molecule has 0 radical (unpaired) electrons. The summed E-state index contributed by atoms with van der Waals surface area (Å²) in [6.45, 7) is 1.95. The van der Waals surface area contributed by atoms with Crippen molar-refractivity contribution < 1.29 is 22.9 Å². The van der Waals surface area contributed by atoms with Crippen molar-refractivity contribution in [3.63, 3.8) is 0 Å². The molecule has 2 aromatic heterocycles. The minimum Gasteiger partial charge on any atom is -0.462 e. The fourth-order valence-corrected chi connectivity index (χ4v) is 6.61. The Morgan fingerprint density at radius 2 is 1.79 bits per heavy atom. The molecule has 2 heterocycles. The first-order chi connectivity index (χ1) is 18.3. The van der Waals surface area contributed by atoms with Crippen LogP contribution in [0, 0.1) is 10.1 Å². The van der Waals surface area contributed by atoms with E-state index < -0.39 is 20.9 Å². The number of hydrogen-bond acceptors (Lipinski definition) is 10. The molecule has 38 heavy (non-hydrogen) atoms. The van der Waals surface area contributed by atoms with Gasteiger partial charge in [0.05, 0.1) is 33.0 Å². The van der Waals surface area contributed by atoms with Gasteiger partial charge in [-0.3, -0.25) is 14.8 Å². The Balaban J connectivity index is 1.60. The number of hydrogen-bond donors (Lipinski definition) is 2. The third-order valence-corrected chi connectivity index (χ3v) is 8.57. The fourth-order valence-electron chi connectivity index (χ4n) is 4.29. The van der Waals surface area contributed by atoms with Crippen LogP contribution in [-0.4, -0.2) is 35.9 Å². The third kappa shape index (κ3) is 5.02. The highest BCUT2D eigenvalue weighted by Gasteiger charge is 2.28. The Bertz CT molecular complexity index is 1670. The topological polar surface area (TPSA) is 153 Å². The van der Waals surface area contributed by atoms with Gasteiger partial charge in [0.15, 0.2) is 11.6 Å². The Kier molecular flexibility index (Phi) is 6.95. The van der Waals surface area contributed by atoms with Crippen LogP contribution >= 0.6 is 11.3 Å². The lowest BCUT2D eigenvalue weighted by atomic mass is 9.95. The van der Waals surface area contributed by atoms with E-state index in [2.05, 4.69) is 20.0 Å². The number of esters is 1. The van der Waals surface area contributed by atoms with Crippen LogP contribution in [0.5, 0.6) is 0 Å². The number of thiophene rings is 1. The van der Waals surface area contributed by atoms with Crippen LogP contribution in [-0.2, 0) is 27.6 Å². The molecule has 0 saturated carbocycles. The molecule has 1 aliphatic rings. The number of ether oxygens (including phenoxy) is 1. The predicted molar refractivity (Wildman–Crippen MR) is 144 cm³/mol. The second-order valence-corrected chi connectivity index (χ2v) is 11.3. The first-order valence-corrected chi connectivity index (χ1v) is 14.2. The van der Waals surface area contributed by atoms with Gasteiger partial charge in [-0.15, -0.1) is 11.3 Å². The molecule has 0 bridgehead atoms. The number of aromatic nitrogens is 2. The lowest BCUT2D eigenvalue weighted by molar-refractivity contribution is -0.385. The normalized spacial score (nSPS) is 13.1. The molecule has 0 saturated heterocycles. The molecule has 0 unspecified atom stereocenters. The van der Waals surface area contributed by atoms with Crippen molar-refractivity contribution in [2.75, 3.05) is 16.6 Å². The number of fused-ring (bicyclic) bond motifs is 2. The van der Waals surface area contributed by atoms with Crippen LogP contribution < -0.4 is 10.0 Å². The zero-order valence-corrected chi connectivity index (χ0v) is 21.9. The van der Waals surface area contributed by atoms with E-state index in [9.17, 15) is 23.3 Å². The monoisotopic (exact) mass is 553 g/mol. The summed E-state index contributed by atoms with van der Waals surface area (Å²) in [5, 5.41) is 14.8. The maximum atomic E-state index is 13.2. The minimum atomic E-state index is -4.28. The molecule has 11 nitrogen and oxygen atoms in total. The summed E-state index contributed by atoms with van der Waals surface area (Å²) in [5.41, 5.74) is 1.95. The van der Waals surface area contributed by atoms with Crippen molar-refractivity contribution in [2.24, 2.45) is 0 Å². The molecule has 13 heteroatoms. The number of carbonyl (C=O) groups is 1. The number of rotatable bonds is 8. The number of carbonyl (C=O) groups excluding carboxylic acids is 1. The molecule has 5 rings (SSSR count). The van der Waals surface area contributed by atoms with Gasteiger partial charge in [0.1, 0.15) is 5.00 Å². The van der Waals surface area contributed by atoms with Crippen LogP contribution in [0.25, 0.3) is 11.0 Å². The lowest BCUT2D eigenvalue weighted by Crippen LogP contribution is -2.16. The highest BCUT2D eigenvalue weighted by atomic mass is 32.2. The van der Waals surface area contributed by atoms with Crippen molar-refractivity contribution in [1.82, 2.24) is 9.97 Å². The van der Waals surface area contributed by atoms with Gasteiger partial charge in [0.2, 0.25) is 0 Å². The summed E-state index contributed by atoms with van der Waals surface area (Å²) in [5.74, 6) is -0.486. The number of anilines is 3. The van der Waals surface area contributed by atoms with E-state index in [0.717, 1.165) is 42.2 Å². The Hall–Kier alpha value is -4.10. The molecule has 0 spiro atoms. The second kappa shape index (κ2) is 10.3. The Morgan fingerprint density at radius 1 is 1.08 bits per heavy atom. The van der Waals surface area contributed by atoms with Crippen LogP contribution in [0.1, 0.15) is 40.6 Å². The van der Waals surface area contributed by atoms with Crippen molar-refractivity contribution in [3.8, 4) is 0 Å². The molecule has 2 N–H and O–H groups in total. The Labute approximate surface area is 222 Å². The zero-order chi connectivity index (χ0) is 26.9. The molecule has 1 aliphatic carbocycles. The summed E-state index contributed by atoms with van der Waals surface area (Å²) >= 11 is 1.41. The second-order valence-electron chi connectivity index (χ2n) is 8.53. The van der Waals surface area contributed by atoms with Crippen LogP contribution in [0.15, 0.2) is 53.4 Å². The van der Waals surface area contributed by atoms with E-state index >= 15 is 0 Å². The number of nitro groups is 1. The molecule has 2 aromatic carbocycles. The van der Waals surface area contributed by atoms with Gasteiger partial charge < -0.3 is 10.1 Å². The highest BCUT2D eigenvalue weighted by molar-refractivity contribution is 7.92. The summed E-state index contributed by atoms with van der Waals surface area (Å²) in [4.78, 5) is 33.3. The van der Waals surface area contributed by atoms with E-state index in [1.807, 2.05) is 0 Å². The summed E-state index contributed by atoms with van der Waals surface area (Å²) < 4.78 is 34.2. The van der Waals surface area contributed by atoms with Crippen LogP contribution in [0.2, 0.25) is 0 Å². The van der Waals surface area contributed by atoms with Crippen molar-refractivity contribution in [3.05, 3.63) is 74.6 Å². The quantitative estimate of drug-likeness (QED) is 0.170. The first-order valence-electron chi connectivity index (χ1n) is 11.9. The SMILES string of the molecule is CCOC(=O)c1c(Nc2nc3ccccc3nc2NS(=O)(=O)c2cccc([N+](=O)[O-])c2)sc2c1CCCC2. The number of nitro benzene ring substituents is 1. The maximum absolute atomic E-state index is 13.2. The van der Waals surface area contributed by atoms with Gasteiger partial charge in [0.25, 0.3) is 15.7 Å². The van der Waals surface area contributed by atoms with Crippen LogP contribution in [0.3, 0.4) is 0 Å². The summed E-state index contributed by atoms with van der Waals surface area (Å²) in [6, 6.07) is 11.7. The number of sulfonamides is 1. The number of para-hydroxylation sites is 2. The standard InChI is InChI=1S/C25H23N5O6S2/c1-2-36-25(31)21-17-10-3-6-13-20(17)37-24(21)28-22-23(27-19-12-5-4-11-18(19)26-22)29-38(34,35)16-9-7-8-15(14-16)30(32)33/h4-5,7-9,11-12,14H,2-3,6,10,13H2,1H3,(H,26,28)(H,27,29).